The van der Waals surface area contributed by atoms with E-state index in [2.05, 4.69) is 19.2 Å². The average Bonchev–Trinajstić information content (AvgIpc) is 2.87. The lowest BCUT2D eigenvalue weighted by molar-refractivity contribution is -0.134. The molecule has 0 radical (unpaired) electrons. The number of hydrogen-bond donors (Lipinski definition) is 1. The molecule has 2 amide bonds. The number of hydrogen-bond acceptors (Lipinski definition) is 4. The molecular weight excluding hydrogens is 468 g/mol. The van der Waals surface area contributed by atoms with E-state index < -0.39 is 11.2 Å². The van der Waals surface area contributed by atoms with Gasteiger partial charge >= 0.3 is 5.69 Å². The Balaban J connectivity index is 1.48. The Bertz CT molecular complexity index is 1380. The van der Waals surface area contributed by atoms with E-state index in [-0.39, 0.29) is 31.3 Å². The van der Waals surface area contributed by atoms with Crippen molar-refractivity contribution in [2.75, 3.05) is 13.1 Å². The molecule has 3 aromatic rings. The molecule has 1 aliphatic heterocycles. The number of carbonyl (C=O) groups excluding carboxylic acids is 2. The first-order valence-electron chi connectivity index (χ1n) is 13.1. The minimum Gasteiger partial charge on any atom is -0.352 e. The third-order valence-corrected chi connectivity index (χ3v) is 7.04. The van der Waals surface area contributed by atoms with Crippen LogP contribution in [0.4, 0.5) is 0 Å². The molecule has 1 aromatic heterocycles. The lowest BCUT2D eigenvalue weighted by Gasteiger charge is -2.35. The summed E-state index contributed by atoms with van der Waals surface area (Å²) in [5.74, 6) is 0.559. The number of nitrogens with zero attached hydrogens (tertiary/aromatic N) is 3. The fraction of sp³-hybridized carbons (Fsp3) is 0.448. The van der Waals surface area contributed by atoms with Gasteiger partial charge in [0.1, 0.15) is 6.54 Å². The van der Waals surface area contributed by atoms with Crippen LogP contribution in [0.3, 0.4) is 0 Å². The summed E-state index contributed by atoms with van der Waals surface area (Å²) < 4.78 is 2.56. The van der Waals surface area contributed by atoms with E-state index in [1.165, 1.54) is 4.57 Å². The van der Waals surface area contributed by atoms with Crippen molar-refractivity contribution in [2.45, 2.75) is 59.7 Å². The van der Waals surface area contributed by atoms with Crippen LogP contribution in [0.2, 0.25) is 0 Å². The highest BCUT2D eigenvalue weighted by molar-refractivity contribution is 5.81. The fourth-order valence-electron chi connectivity index (χ4n) is 5.22. The van der Waals surface area contributed by atoms with Gasteiger partial charge in [-0.25, -0.2) is 4.79 Å². The van der Waals surface area contributed by atoms with Crippen LogP contribution < -0.4 is 16.6 Å². The molecule has 196 valence electrons. The molecule has 0 aliphatic carbocycles. The molecule has 1 saturated heterocycles. The highest BCUT2D eigenvalue weighted by atomic mass is 16.2. The summed E-state index contributed by atoms with van der Waals surface area (Å²) in [6.45, 7) is 8.04. The highest BCUT2D eigenvalue weighted by Gasteiger charge is 2.26. The lowest BCUT2D eigenvalue weighted by Crippen LogP contribution is -2.47. The molecule has 8 nitrogen and oxygen atoms in total. The zero-order valence-corrected chi connectivity index (χ0v) is 21.9. The molecule has 0 unspecified atom stereocenters. The van der Waals surface area contributed by atoms with Gasteiger partial charge in [0.25, 0.3) is 5.56 Å². The Hall–Kier alpha value is -3.68. The number of aromatic nitrogens is 2. The molecule has 0 spiro atoms. The van der Waals surface area contributed by atoms with Gasteiger partial charge in [0, 0.05) is 32.6 Å². The summed E-state index contributed by atoms with van der Waals surface area (Å²) in [7, 11) is 0. The van der Waals surface area contributed by atoms with Crippen molar-refractivity contribution in [3.63, 3.8) is 0 Å². The standard InChI is InChI=1S/C29H36N4O4/c1-20-10-12-23(13-11-20)16-30-26(34)9-6-14-32-28(36)24-7-4-5-8-25(24)33(29(32)37)19-27(35)31-17-21(2)15-22(3)18-31/h4-5,7-8,10-13,21-22H,6,9,14-19H2,1-3H3,(H,30,34)/t21-,22-/m0/s1. The maximum Gasteiger partial charge on any atom is 0.331 e. The van der Waals surface area contributed by atoms with Crippen LogP contribution in [0, 0.1) is 18.8 Å². The summed E-state index contributed by atoms with van der Waals surface area (Å²) in [5, 5.41) is 3.27. The van der Waals surface area contributed by atoms with Crippen molar-refractivity contribution in [3.8, 4) is 0 Å². The van der Waals surface area contributed by atoms with Crippen LogP contribution in [0.1, 0.15) is 44.2 Å². The SMILES string of the molecule is Cc1ccc(CNC(=O)CCCn2c(=O)c3ccccc3n(CC(=O)N3C[C@@H](C)C[C@H](C)C3)c2=O)cc1. The van der Waals surface area contributed by atoms with Gasteiger partial charge in [-0.2, -0.15) is 0 Å². The van der Waals surface area contributed by atoms with E-state index >= 15 is 0 Å². The number of likely N-dealkylation sites (tertiary alicyclic amines) is 1. The van der Waals surface area contributed by atoms with Crippen LogP contribution in [0.15, 0.2) is 58.1 Å². The first-order valence-corrected chi connectivity index (χ1v) is 13.1. The van der Waals surface area contributed by atoms with Crippen LogP contribution in [0.5, 0.6) is 0 Å². The summed E-state index contributed by atoms with van der Waals surface area (Å²) in [4.78, 5) is 53.9. The van der Waals surface area contributed by atoms with Crippen molar-refractivity contribution >= 4 is 22.7 Å². The molecule has 0 bridgehead atoms. The summed E-state index contributed by atoms with van der Waals surface area (Å²) in [5.41, 5.74) is 1.70. The Morgan fingerprint density at radius 1 is 0.946 bits per heavy atom. The molecule has 1 N–H and O–H groups in total. The second-order valence-electron chi connectivity index (χ2n) is 10.5. The first-order chi connectivity index (χ1) is 17.7. The van der Waals surface area contributed by atoms with Gasteiger partial charge in [-0.1, -0.05) is 55.8 Å². The number of carbonyl (C=O) groups is 2. The number of aryl methyl sites for hydroxylation is 1. The monoisotopic (exact) mass is 504 g/mol. The topological polar surface area (TPSA) is 93.4 Å². The number of benzene rings is 2. The Morgan fingerprint density at radius 2 is 1.62 bits per heavy atom. The Morgan fingerprint density at radius 3 is 2.32 bits per heavy atom. The van der Waals surface area contributed by atoms with Crippen molar-refractivity contribution in [3.05, 3.63) is 80.5 Å². The number of piperidine rings is 1. The third kappa shape index (κ3) is 6.37. The first kappa shape index (κ1) is 26.4. The van der Waals surface area contributed by atoms with Gasteiger partial charge in [-0.15, -0.1) is 0 Å². The largest absolute Gasteiger partial charge is 0.352 e. The molecule has 37 heavy (non-hydrogen) atoms. The van der Waals surface area contributed by atoms with Crippen molar-refractivity contribution in [2.24, 2.45) is 11.8 Å². The smallest absolute Gasteiger partial charge is 0.331 e. The normalized spacial score (nSPS) is 17.6. The van der Waals surface area contributed by atoms with Crippen molar-refractivity contribution < 1.29 is 9.59 Å². The highest BCUT2D eigenvalue weighted by Crippen LogP contribution is 2.21. The van der Waals surface area contributed by atoms with E-state index in [0.717, 1.165) is 22.1 Å². The maximum atomic E-state index is 13.4. The van der Waals surface area contributed by atoms with Crippen molar-refractivity contribution in [1.82, 2.24) is 19.4 Å². The maximum absolute atomic E-state index is 13.4. The van der Waals surface area contributed by atoms with E-state index in [0.29, 0.717) is 48.8 Å². The van der Waals surface area contributed by atoms with Gasteiger partial charge in [-0.3, -0.25) is 23.5 Å². The zero-order chi connectivity index (χ0) is 26.5. The Labute approximate surface area is 216 Å². The quantitative estimate of drug-likeness (QED) is 0.510. The van der Waals surface area contributed by atoms with Gasteiger partial charge < -0.3 is 10.2 Å². The number of amides is 2. The van der Waals surface area contributed by atoms with Crippen LogP contribution in [0.25, 0.3) is 10.9 Å². The number of para-hydroxylation sites is 1. The predicted molar refractivity (Wildman–Crippen MR) is 144 cm³/mol. The minimum atomic E-state index is -0.518. The van der Waals surface area contributed by atoms with Crippen molar-refractivity contribution in [1.29, 1.82) is 0 Å². The van der Waals surface area contributed by atoms with Gasteiger partial charge in [0.05, 0.1) is 10.9 Å². The van der Waals surface area contributed by atoms with Gasteiger partial charge in [0.2, 0.25) is 11.8 Å². The zero-order valence-electron chi connectivity index (χ0n) is 21.9. The molecule has 2 aromatic carbocycles. The van der Waals surface area contributed by atoms with Gasteiger partial charge in [0.15, 0.2) is 0 Å². The number of nitrogens with one attached hydrogen (secondary N) is 1. The number of rotatable bonds is 8. The van der Waals surface area contributed by atoms with E-state index in [4.69, 9.17) is 0 Å². The summed E-state index contributed by atoms with van der Waals surface area (Å²) >= 11 is 0. The molecule has 0 saturated carbocycles. The van der Waals surface area contributed by atoms with Crippen LogP contribution >= 0.6 is 0 Å². The second-order valence-corrected chi connectivity index (χ2v) is 10.5. The average molecular weight is 505 g/mol. The predicted octanol–water partition coefficient (Wildman–Crippen LogP) is 3.07. The molecule has 8 heteroatoms. The van der Waals surface area contributed by atoms with E-state index in [9.17, 15) is 19.2 Å². The molecule has 1 fully saturated rings. The molecule has 1 aliphatic rings. The molecule has 4 rings (SSSR count). The molecule has 2 heterocycles. The van der Waals surface area contributed by atoms with E-state index in [1.54, 1.807) is 24.3 Å². The lowest BCUT2D eigenvalue weighted by atomic mass is 9.92. The minimum absolute atomic E-state index is 0.104. The molecule has 2 atom stereocenters. The van der Waals surface area contributed by atoms with Crippen LogP contribution in [-0.2, 0) is 29.2 Å². The van der Waals surface area contributed by atoms with Crippen LogP contribution in [-0.4, -0.2) is 38.9 Å². The number of fused-ring (bicyclic) bond motifs is 1. The van der Waals surface area contributed by atoms with Gasteiger partial charge in [-0.05, 0) is 49.3 Å². The second kappa shape index (κ2) is 11.6. The Kier molecular flexibility index (Phi) is 8.26. The fourth-order valence-corrected chi connectivity index (χ4v) is 5.22. The molecular formula is C29H36N4O4. The summed E-state index contributed by atoms with van der Waals surface area (Å²) in [6, 6.07) is 14.8. The van der Waals surface area contributed by atoms with E-state index in [1.807, 2.05) is 36.1 Å². The summed E-state index contributed by atoms with van der Waals surface area (Å²) in [6.07, 6.45) is 1.60. The third-order valence-electron chi connectivity index (χ3n) is 7.04.